The van der Waals surface area contributed by atoms with Gasteiger partial charge in [-0.05, 0) is 24.8 Å². The number of halogens is 1. The summed E-state index contributed by atoms with van der Waals surface area (Å²) >= 11 is 0. The van der Waals surface area contributed by atoms with Crippen LogP contribution in [0.1, 0.15) is 44.9 Å². The molecule has 0 aromatic heterocycles. The number of carbonyl (C=O) groups excluding carboxylic acids is 2. The number of rotatable bonds is 6. The molecule has 1 aliphatic rings. The lowest BCUT2D eigenvalue weighted by Crippen LogP contribution is -2.39. The third-order valence-electron chi connectivity index (χ3n) is 3.84. The summed E-state index contributed by atoms with van der Waals surface area (Å²) in [6.45, 7) is 0.981. The van der Waals surface area contributed by atoms with Gasteiger partial charge in [0.1, 0.15) is 0 Å². The Hall–Kier alpha value is -0.810. The molecular weight excluding hydrogens is 266 g/mol. The van der Waals surface area contributed by atoms with Gasteiger partial charge >= 0.3 is 0 Å². The Morgan fingerprint density at radius 2 is 1.79 bits per heavy atom. The zero-order chi connectivity index (χ0) is 13.4. The molecule has 6 heteroatoms. The van der Waals surface area contributed by atoms with E-state index >= 15 is 0 Å². The molecule has 0 aliphatic heterocycles. The Morgan fingerprint density at radius 3 is 2.32 bits per heavy atom. The van der Waals surface area contributed by atoms with Gasteiger partial charge in [-0.3, -0.25) is 9.59 Å². The molecule has 19 heavy (non-hydrogen) atoms. The zero-order valence-corrected chi connectivity index (χ0v) is 12.5. The predicted octanol–water partition coefficient (Wildman–Crippen LogP) is 0.960. The van der Waals surface area contributed by atoms with Crippen LogP contribution in [0.2, 0.25) is 0 Å². The second-order valence-corrected chi connectivity index (χ2v) is 5.21. The molecule has 5 nitrogen and oxygen atoms in total. The summed E-state index contributed by atoms with van der Waals surface area (Å²) in [6, 6.07) is 0. The average Bonchev–Trinajstić information content (AvgIpc) is 2.39. The van der Waals surface area contributed by atoms with E-state index in [-0.39, 0.29) is 29.6 Å². The van der Waals surface area contributed by atoms with Crippen molar-refractivity contribution in [2.75, 3.05) is 20.1 Å². The Labute approximate surface area is 121 Å². The van der Waals surface area contributed by atoms with Crippen LogP contribution in [-0.2, 0) is 9.59 Å². The minimum atomic E-state index is -0.0542. The first-order chi connectivity index (χ1) is 8.62. The first-order valence-corrected chi connectivity index (χ1v) is 6.79. The Bertz CT molecular complexity index is 292. The van der Waals surface area contributed by atoms with Crippen LogP contribution in [0, 0.1) is 5.41 Å². The fourth-order valence-electron chi connectivity index (χ4n) is 2.60. The summed E-state index contributed by atoms with van der Waals surface area (Å²) < 4.78 is 0. The molecule has 2 amide bonds. The molecule has 1 aliphatic carbocycles. The summed E-state index contributed by atoms with van der Waals surface area (Å²) in [4.78, 5) is 22.9. The third-order valence-corrected chi connectivity index (χ3v) is 3.84. The molecule has 1 rings (SSSR count). The van der Waals surface area contributed by atoms with E-state index in [9.17, 15) is 9.59 Å². The molecule has 0 aromatic rings. The fraction of sp³-hybridized carbons (Fsp3) is 0.846. The maximum atomic E-state index is 11.8. The molecule has 0 aromatic carbocycles. The fourth-order valence-corrected chi connectivity index (χ4v) is 2.60. The lowest BCUT2D eigenvalue weighted by molar-refractivity contribution is -0.124. The normalized spacial score (nSPS) is 17.2. The zero-order valence-electron chi connectivity index (χ0n) is 11.7. The van der Waals surface area contributed by atoms with Crippen LogP contribution in [0.4, 0.5) is 0 Å². The molecule has 0 bridgehead atoms. The number of nitrogens with two attached hydrogens (primary N) is 1. The van der Waals surface area contributed by atoms with Crippen LogP contribution < -0.4 is 16.4 Å². The molecule has 0 atom stereocenters. The van der Waals surface area contributed by atoms with Crippen molar-refractivity contribution in [2.24, 2.45) is 11.1 Å². The highest BCUT2D eigenvalue weighted by molar-refractivity contribution is 5.85. The molecule has 0 radical (unpaired) electrons. The summed E-state index contributed by atoms with van der Waals surface area (Å²) in [5.74, 6) is -0.0345. The van der Waals surface area contributed by atoms with Crippen LogP contribution in [-0.4, -0.2) is 32.0 Å². The van der Waals surface area contributed by atoms with Crippen molar-refractivity contribution in [3.05, 3.63) is 0 Å². The minimum Gasteiger partial charge on any atom is -0.359 e. The minimum absolute atomic E-state index is 0. The quantitative estimate of drug-likeness (QED) is 0.681. The third kappa shape index (κ3) is 6.25. The van der Waals surface area contributed by atoms with E-state index in [1.807, 2.05) is 0 Å². The van der Waals surface area contributed by atoms with Gasteiger partial charge in [-0.25, -0.2) is 0 Å². The van der Waals surface area contributed by atoms with E-state index in [1.165, 1.54) is 19.3 Å². The highest BCUT2D eigenvalue weighted by atomic mass is 35.5. The van der Waals surface area contributed by atoms with Crippen LogP contribution in [0.5, 0.6) is 0 Å². The highest BCUT2D eigenvalue weighted by Crippen LogP contribution is 2.38. The van der Waals surface area contributed by atoms with Crippen molar-refractivity contribution < 1.29 is 9.59 Å². The van der Waals surface area contributed by atoms with Crippen molar-refractivity contribution in [3.63, 3.8) is 0 Å². The summed E-state index contributed by atoms with van der Waals surface area (Å²) in [5.41, 5.74) is 5.84. The monoisotopic (exact) mass is 291 g/mol. The van der Waals surface area contributed by atoms with Crippen molar-refractivity contribution in [1.29, 1.82) is 0 Å². The Morgan fingerprint density at radius 1 is 1.16 bits per heavy atom. The Kier molecular flexibility index (Phi) is 8.76. The van der Waals surface area contributed by atoms with E-state index in [0.29, 0.717) is 25.9 Å². The molecule has 112 valence electrons. The van der Waals surface area contributed by atoms with E-state index in [0.717, 1.165) is 12.8 Å². The van der Waals surface area contributed by atoms with Crippen LogP contribution in [0.15, 0.2) is 0 Å². The maximum absolute atomic E-state index is 11.8. The van der Waals surface area contributed by atoms with Gasteiger partial charge in [-0.1, -0.05) is 19.3 Å². The average molecular weight is 292 g/mol. The first-order valence-electron chi connectivity index (χ1n) is 6.79. The van der Waals surface area contributed by atoms with E-state index in [1.54, 1.807) is 7.05 Å². The molecule has 0 spiro atoms. The largest absolute Gasteiger partial charge is 0.359 e. The lowest BCUT2D eigenvalue weighted by atomic mass is 9.71. The van der Waals surface area contributed by atoms with Crippen LogP contribution in [0.3, 0.4) is 0 Å². The maximum Gasteiger partial charge on any atom is 0.221 e. The SMILES string of the molecule is CNC(=O)CCNC(=O)CC1(CN)CCCCC1.Cl. The molecule has 0 saturated heterocycles. The Balaban J connectivity index is 0.00000324. The smallest absolute Gasteiger partial charge is 0.221 e. The van der Waals surface area contributed by atoms with Gasteiger partial charge in [0.25, 0.3) is 0 Å². The van der Waals surface area contributed by atoms with Crippen LogP contribution >= 0.6 is 12.4 Å². The number of nitrogens with one attached hydrogen (secondary N) is 2. The van der Waals surface area contributed by atoms with Crippen molar-refractivity contribution in [1.82, 2.24) is 10.6 Å². The second kappa shape index (κ2) is 9.15. The number of amides is 2. The van der Waals surface area contributed by atoms with Gasteiger partial charge in [-0.2, -0.15) is 0 Å². The highest BCUT2D eigenvalue weighted by Gasteiger charge is 2.32. The topological polar surface area (TPSA) is 84.2 Å². The number of carbonyl (C=O) groups is 2. The molecule has 1 saturated carbocycles. The van der Waals surface area contributed by atoms with E-state index < -0.39 is 0 Å². The molecule has 1 fully saturated rings. The van der Waals surface area contributed by atoms with Gasteiger partial charge in [-0.15, -0.1) is 12.4 Å². The number of hydrogen-bond acceptors (Lipinski definition) is 3. The molecular formula is C13H26ClN3O2. The van der Waals surface area contributed by atoms with Crippen molar-refractivity contribution in [2.45, 2.75) is 44.9 Å². The number of hydrogen-bond donors (Lipinski definition) is 3. The van der Waals surface area contributed by atoms with E-state index in [2.05, 4.69) is 10.6 Å². The van der Waals surface area contributed by atoms with Gasteiger partial charge in [0.05, 0.1) is 0 Å². The molecule has 4 N–H and O–H groups in total. The standard InChI is InChI=1S/C13H25N3O2.ClH/c1-15-11(17)5-8-16-12(18)9-13(10-14)6-3-2-4-7-13;/h2-10,14H2,1H3,(H,15,17)(H,16,18);1H. The lowest BCUT2D eigenvalue weighted by Gasteiger charge is -2.35. The van der Waals surface area contributed by atoms with Crippen molar-refractivity contribution >= 4 is 24.2 Å². The van der Waals surface area contributed by atoms with Gasteiger partial charge in [0.15, 0.2) is 0 Å². The van der Waals surface area contributed by atoms with Crippen molar-refractivity contribution in [3.8, 4) is 0 Å². The van der Waals surface area contributed by atoms with Crippen LogP contribution in [0.25, 0.3) is 0 Å². The van der Waals surface area contributed by atoms with Gasteiger partial charge < -0.3 is 16.4 Å². The van der Waals surface area contributed by atoms with Gasteiger partial charge in [0, 0.05) is 26.4 Å². The predicted molar refractivity (Wildman–Crippen MR) is 78.1 cm³/mol. The summed E-state index contributed by atoms with van der Waals surface area (Å²) in [7, 11) is 1.59. The molecule has 0 unspecified atom stereocenters. The van der Waals surface area contributed by atoms with Gasteiger partial charge in [0.2, 0.25) is 11.8 Å². The first kappa shape index (κ1) is 18.2. The molecule has 0 heterocycles. The van der Waals surface area contributed by atoms with E-state index in [4.69, 9.17) is 5.73 Å². The second-order valence-electron chi connectivity index (χ2n) is 5.21. The summed E-state index contributed by atoms with van der Waals surface area (Å²) in [5, 5.41) is 5.33. The summed E-state index contributed by atoms with van der Waals surface area (Å²) in [6.07, 6.45) is 6.51.